The van der Waals surface area contributed by atoms with E-state index in [1.807, 2.05) is 6.92 Å². The van der Waals surface area contributed by atoms with Gasteiger partial charge in [0.1, 0.15) is 12.4 Å². The maximum absolute atomic E-state index is 11.1. The SMILES string of the molecule is CCCCOC(=O)NCCOc1ccncc1. The van der Waals surface area contributed by atoms with Gasteiger partial charge < -0.3 is 14.8 Å². The van der Waals surface area contributed by atoms with Crippen molar-refractivity contribution in [1.29, 1.82) is 0 Å². The summed E-state index contributed by atoms with van der Waals surface area (Å²) in [7, 11) is 0. The molecule has 5 heteroatoms. The van der Waals surface area contributed by atoms with Gasteiger partial charge in [-0.25, -0.2) is 4.79 Å². The second kappa shape index (κ2) is 8.38. The number of nitrogens with zero attached hydrogens (tertiary/aromatic N) is 1. The minimum atomic E-state index is -0.392. The number of pyridine rings is 1. The van der Waals surface area contributed by atoms with Gasteiger partial charge in [-0.15, -0.1) is 0 Å². The van der Waals surface area contributed by atoms with E-state index >= 15 is 0 Å². The van der Waals surface area contributed by atoms with E-state index in [-0.39, 0.29) is 0 Å². The summed E-state index contributed by atoms with van der Waals surface area (Å²) in [5, 5.41) is 2.61. The monoisotopic (exact) mass is 238 g/mol. The van der Waals surface area contributed by atoms with Crippen molar-refractivity contribution in [2.45, 2.75) is 19.8 Å². The molecule has 0 radical (unpaired) electrons. The fourth-order valence-corrected chi connectivity index (χ4v) is 1.12. The molecule has 0 spiro atoms. The molecular weight excluding hydrogens is 220 g/mol. The van der Waals surface area contributed by atoms with Crippen molar-refractivity contribution < 1.29 is 14.3 Å². The molecule has 5 nitrogen and oxygen atoms in total. The number of carbonyl (C=O) groups excluding carboxylic acids is 1. The van der Waals surface area contributed by atoms with Crippen LogP contribution in [-0.4, -0.2) is 30.8 Å². The largest absolute Gasteiger partial charge is 0.492 e. The molecule has 0 atom stereocenters. The third-order valence-corrected chi connectivity index (χ3v) is 2.02. The molecule has 0 unspecified atom stereocenters. The highest BCUT2D eigenvalue weighted by Gasteiger charge is 2.00. The average Bonchev–Trinajstić information content (AvgIpc) is 2.36. The minimum Gasteiger partial charge on any atom is -0.492 e. The molecule has 0 aliphatic carbocycles. The fourth-order valence-electron chi connectivity index (χ4n) is 1.12. The second-order valence-electron chi connectivity index (χ2n) is 3.45. The number of rotatable bonds is 7. The van der Waals surface area contributed by atoms with Gasteiger partial charge in [0.2, 0.25) is 0 Å². The Hall–Kier alpha value is -1.78. The first-order chi connectivity index (χ1) is 8.33. The Morgan fingerprint density at radius 3 is 2.82 bits per heavy atom. The molecule has 0 aromatic carbocycles. The smallest absolute Gasteiger partial charge is 0.407 e. The van der Waals surface area contributed by atoms with Crippen molar-refractivity contribution in [2.75, 3.05) is 19.8 Å². The van der Waals surface area contributed by atoms with Crippen LogP contribution in [-0.2, 0) is 4.74 Å². The zero-order chi connectivity index (χ0) is 12.3. The Balaban J connectivity index is 2.02. The zero-order valence-corrected chi connectivity index (χ0v) is 10.0. The molecule has 1 heterocycles. The van der Waals surface area contributed by atoms with E-state index in [0.29, 0.717) is 19.8 Å². The van der Waals surface area contributed by atoms with E-state index in [9.17, 15) is 4.79 Å². The van der Waals surface area contributed by atoms with Crippen LogP contribution in [0.4, 0.5) is 4.79 Å². The molecule has 0 aliphatic heterocycles. The van der Waals surface area contributed by atoms with E-state index in [4.69, 9.17) is 9.47 Å². The molecule has 0 bridgehead atoms. The summed E-state index contributed by atoms with van der Waals surface area (Å²) in [5.74, 6) is 0.737. The Morgan fingerprint density at radius 1 is 1.35 bits per heavy atom. The fraction of sp³-hybridized carbons (Fsp3) is 0.500. The number of ether oxygens (including phenoxy) is 2. The van der Waals surface area contributed by atoms with Crippen LogP contribution >= 0.6 is 0 Å². The molecule has 1 N–H and O–H groups in total. The Morgan fingerprint density at radius 2 is 2.12 bits per heavy atom. The number of unbranched alkanes of at least 4 members (excludes halogenated alkanes) is 1. The molecule has 0 saturated carbocycles. The van der Waals surface area contributed by atoms with Crippen molar-refractivity contribution in [3.63, 3.8) is 0 Å². The molecule has 1 aromatic rings. The molecular formula is C12H18N2O3. The topological polar surface area (TPSA) is 60.5 Å². The maximum atomic E-state index is 11.1. The number of nitrogens with one attached hydrogen (secondary N) is 1. The quantitative estimate of drug-likeness (QED) is 0.738. The van der Waals surface area contributed by atoms with Crippen LogP contribution in [0.25, 0.3) is 0 Å². The predicted octanol–water partition coefficient (Wildman–Crippen LogP) is 1.99. The molecule has 0 aliphatic rings. The van der Waals surface area contributed by atoms with Crippen LogP contribution in [0.5, 0.6) is 5.75 Å². The van der Waals surface area contributed by atoms with Gasteiger partial charge in [0, 0.05) is 12.4 Å². The Labute approximate surface area is 101 Å². The molecule has 0 fully saturated rings. The van der Waals surface area contributed by atoms with E-state index in [0.717, 1.165) is 18.6 Å². The van der Waals surface area contributed by atoms with Crippen LogP contribution in [0.2, 0.25) is 0 Å². The highest BCUT2D eigenvalue weighted by Crippen LogP contribution is 2.05. The van der Waals surface area contributed by atoms with Crippen LogP contribution in [0, 0.1) is 0 Å². The first-order valence-electron chi connectivity index (χ1n) is 5.76. The lowest BCUT2D eigenvalue weighted by Gasteiger charge is -2.07. The van der Waals surface area contributed by atoms with Crippen molar-refractivity contribution in [1.82, 2.24) is 10.3 Å². The van der Waals surface area contributed by atoms with Crippen LogP contribution in [0.3, 0.4) is 0 Å². The van der Waals surface area contributed by atoms with Crippen LogP contribution in [0.15, 0.2) is 24.5 Å². The lowest BCUT2D eigenvalue weighted by molar-refractivity contribution is 0.142. The Kier molecular flexibility index (Phi) is 6.55. The summed E-state index contributed by atoms with van der Waals surface area (Å²) in [6.07, 6.45) is 4.82. The van der Waals surface area contributed by atoms with Gasteiger partial charge in [-0.2, -0.15) is 0 Å². The number of hydrogen-bond donors (Lipinski definition) is 1. The lowest BCUT2D eigenvalue weighted by atomic mass is 10.4. The molecule has 0 saturated heterocycles. The highest BCUT2D eigenvalue weighted by atomic mass is 16.5. The van der Waals surface area contributed by atoms with Crippen molar-refractivity contribution in [3.05, 3.63) is 24.5 Å². The van der Waals surface area contributed by atoms with Crippen LogP contribution in [0.1, 0.15) is 19.8 Å². The van der Waals surface area contributed by atoms with Gasteiger partial charge in [0.15, 0.2) is 0 Å². The van der Waals surface area contributed by atoms with Gasteiger partial charge in [-0.3, -0.25) is 4.98 Å². The van der Waals surface area contributed by atoms with Gasteiger partial charge in [-0.05, 0) is 18.6 Å². The summed E-state index contributed by atoms with van der Waals surface area (Å²) in [4.78, 5) is 15.0. The van der Waals surface area contributed by atoms with Crippen LogP contribution < -0.4 is 10.1 Å². The van der Waals surface area contributed by atoms with E-state index in [1.54, 1.807) is 24.5 Å². The second-order valence-corrected chi connectivity index (χ2v) is 3.45. The summed E-state index contributed by atoms with van der Waals surface area (Å²) >= 11 is 0. The summed E-state index contributed by atoms with van der Waals surface area (Å²) in [6, 6.07) is 3.53. The maximum Gasteiger partial charge on any atom is 0.407 e. The lowest BCUT2D eigenvalue weighted by Crippen LogP contribution is -2.28. The first-order valence-corrected chi connectivity index (χ1v) is 5.76. The van der Waals surface area contributed by atoms with Crippen molar-refractivity contribution in [2.24, 2.45) is 0 Å². The number of aromatic nitrogens is 1. The number of carbonyl (C=O) groups is 1. The predicted molar refractivity (Wildman–Crippen MR) is 64.0 cm³/mol. The number of alkyl carbamates (subject to hydrolysis) is 1. The van der Waals surface area contributed by atoms with E-state index < -0.39 is 6.09 Å². The van der Waals surface area contributed by atoms with Crippen molar-refractivity contribution >= 4 is 6.09 Å². The summed E-state index contributed by atoms with van der Waals surface area (Å²) in [5.41, 5.74) is 0. The van der Waals surface area contributed by atoms with Gasteiger partial charge in [0.25, 0.3) is 0 Å². The molecule has 17 heavy (non-hydrogen) atoms. The van der Waals surface area contributed by atoms with Gasteiger partial charge in [-0.1, -0.05) is 13.3 Å². The van der Waals surface area contributed by atoms with Gasteiger partial charge >= 0.3 is 6.09 Å². The zero-order valence-electron chi connectivity index (χ0n) is 10.0. The average molecular weight is 238 g/mol. The summed E-state index contributed by atoms with van der Waals surface area (Å²) < 4.78 is 10.3. The third kappa shape index (κ3) is 6.40. The molecule has 1 rings (SSSR count). The van der Waals surface area contributed by atoms with Gasteiger partial charge in [0.05, 0.1) is 13.2 Å². The standard InChI is InChI=1S/C12H18N2O3/c1-2-3-9-17-12(15)14-8-10-16-11-4-6-13-7-5-11/h4-7H,2-3,8-10H2,1H3,(H,14,15). The van der Waals surface area contributed by atoms with E-state index in [2.05, 4.69) is 10.3 Å². The molecule has 1 aromatic heterocycles. The first kappa shape index (κ1) is 13.3. The molecule has 1 amide bonds. The Bertz CT molecular complexity index is 317. The van der Waals surface area contributed by atoms with E-state index in [1.165, 1.54) is 0 Å². The molecule has 94 valence electrons. The number of amides is 1. The third-order valence-electron chi connectivity index (χ3n) is 2.02. The highest BCUT2D eigenvalue weighted by molar-refractivity contribution is 5.66. The minimum absolute atomic E-state index is 0.392. The normalized spacial score (nSPS) is 9.71. The number of hydrogen-bond acceptors (Lipinski definition) is 4. The van der Waals surface area contributed by atoms with Crippen molar-refractivity contribution in [3.8, 4) is 5.75 Å². The summed E-state index contributed by atoms with van der Waals surface area (Å²) in [6.45, 7) is 3.34.